The predicted molar refractivity (Wildman–Crippen MR) is 63.6 cm³/mol. The topological polar surface area (TPSA) is 74.2 Å². The molecular weight excluding hydrogens is 256 g/mol. The van der Waals surface area contributed by atoms with Crippen molar-refractivity contribution in [2.75, 3.05) is 0 Å². The van der Waals surface area contributed by atoms with Gasteiger partial charge < -0.3 is 15.0 Å². The Morgan fingerprint density at radius 1 is 1.32 bits per heavy atom. The van der Waals surface area contributed by atoms with Crippen molar-refractivity contribution in [3.05, 3.63) is 30.1 Å². The van der Waals surface area contributed by atoms with Crippen molar-refractivity contribution < 1.29 is 18.0 Å². The second-order valence-corrected chi connectivity index (χ2v) is 3.88. The lowest BCUT2D eigenvalue weighted by atomic mass is 10.2. The van der Waals surface area contributed by atoms with E-state index in [0.717, 1.165) is 0 Å². The average molecular weight is 269 g/mol. The number of halogens is 2. The fraction of sp³-hybridized carbons (Fsp3) is 0.333. The van der Waals surface area contributed by atoms with Crippen LogP contribution in [-0.4, -0.2) is 16.8 Å². The molecule has 19 heavy (non-hydrogen) atoms. The minimum Gasteiger partial charge on any atom is -0.435 e. The van der Waals surface area contributed by atoms with Gasteiger partial charge >= 0.3 is 6.61 Å². The molecule has 0 aliphatic rings. The standard InChI is InChI=1S/C12H13F2N3O2/c1-2-9(15)10-16-11(19-17-10)7-3-5-8(6-4-7)18-12(13)14/h3-6,9,12H,2,15H2,1H3. The Labute approximate surface area is 108 Å². The van der Waals surface area contributed by atoms with Crippen molar-refractivity contribution in [2.24, 2.45) is 5.73 Å². The Kier molecular flexibility index (Phi) is 4.06. The molecule has 0 bridgehead atoms. The van der Waals surface area contributed by atoms with E-state index in [1.165, 1.54) is 12.1 Å². The second kappa shape index (κ2) is 5.75. The molecule has 2 aromatic rings. The van der Waals surface area contributed by atoms with E-state index in [1.54, 1.807) is 12.1 Å². The summed E-state index contributed by atoms with van der Waals surface area (Å²) in [4.78, 5) is 4.15. The van der Waals surface area contributed by atoms with Crippen molar-refractivity contribution in [3.8, 4) is 17.2 Å². The van der Waals surface area contributed by atoms with Gasteiger partial charge in [-0.2, -0.15) is 13.8 Å². The number of benzene rings is 1. The summed E-state index contributed by atoms with van der Waals surface area (Å²) >= 11 is 0. The van der Waals surface area contributed by atoms with Gasteiger partial charge in [0.2, 0.25) is 0 Å². The van der Waals surface area contributed by atoms with Crippen LogP contribution in [0.15, 0.2) is 28.8 Å². The van der Waals surface area contributed by atoms with Gasteiger partial charge in [0.05, 0.1) is 6.04 Å². The van der Waals surface area contributed by atoms with E-state index in [2.05, 4.69) is 14.9 Å². The summed E-state index contributed by atoms with van der Waals surface area (Å²) in [5.41, 5.74) is 6.39. The van der Waals surface area contributed by atoms with Gasteiger partial charge in [-0.25, -0.2) is 0 Å². The molecule has 0 aliphatic carbocycles. The van der Waals surface area contributed by atoms with Gasteiger partial charge in [-0.15, -0.1) is 0 Å². The largest absolute Gasteiger partial charge is 0.435 e. The Balaban J connectivity index is 2.15. The summed E-state index contributed by atoms with van der Waals surface area (Å²) in [5.74, 6) is 0.789. The molecule has 2 rings (SSSR count). The van der Waals surface area contributed by atoms with Crippen LogP contribution in [0.3, 0.4) is 0 Å². The highest BCUT2D eigenvalue weighted by molar-refractivity contribution is 5.54. The number of nitrogens with two attached hydrogens (primary N) is 1. The fourth-order valence-corrected chi connectivity index (χ4v) is 1.46. The Morgan fingerprint density at radius 3 is 2.58 bits per heavy atom. The highest BCUT2D eigenvalue weighted by Crippen LogP contribution is 2.23. The molecule has 1 unspecified atom stereocenters. The number of nitrogens with zero attached hydrogens (tertiary/aromatic N) is 2. The third kappa shape index (κ3) is 3.25. The molecule has 1 aromatic carbocycles. The van der Waals surface area contributed by atoms with Crippen LogP contribution < -0.4 is 10.5 Å². The molecule has 0 saturated carbocycles. The minimum atomic E-state index is -2.84. The quantitative estimate of drug-likeness (QED) is 0.903. The number of aromatic nitrogens is 2. The van der Waals surface area contributed by atoms with Crippen LogP contribution in [0, 0.1) is 0 Å². The van der Waals surface area contributed by atoms with Gasteiger partial charge in [0, 0.05) is 5.56 Å². The van der Waals surface area contributed by atoms with Gasteiger partial charge in [0.25, 0.3) is 5.89 Å². The first-order valence-electron chi connectivity index (χ1n) is 5.74. The van der Waals surface area contributed by atoms with Crippen molar-refractivity contribution in [1.29, 1.82) is 0 Å². The fourth-order valence-electron chi connectivity index (χ4n) is 1.46. The van der Waals surface area contributed by atoms with Gasteiger partial charge in [-0.1, -0.05) is 12.1 Å². The lowest BCUT2D eigenvalue weighted by Crippen LogP contribution is -2.10. The SMILES string of the molecule is CCC(N)c1noc(-c2ccc(OC(F)F)cc2)n1. The number of ether oxygens (including phenoxy) is 1. The van der Waals surface area contributed by atoms with E-state index in [1.807, 2.05) is 6.92 Å². The summed E-state index contributed by atoms with van der Waals surface area (Å²) in [5, 5.41) is 3.77. The van der Waals surface area contributed by atoms with Gasteiger partial charge in [0.1, 0.15) is 5.75 Å². The highest BCUT2D eigenvalue weighted by Gasteiger charge is 2.14. The Bertz CT molecular complexity index is 528. The van der Waals surface area contributed by atoms with Crippen molar-refractivity contribution in [3.63, 3.8) is 0 Å². The van der Waals surface area contributed by atoms with Crippen LogP contribution in [0.25, 0.3) is 11.5 Å². The monoisotopic (exact) mass is 269 g/mol. The molecule has 0 aliphatic heterocycles. The first-order valence-corrected chi connectivity index (χ1v) is 5.74. The first-order chi connectivity index (χ1) is 9.10. The summed E-state index contributed by atoms with van der Waals surface area (Å²) in [7, 11) is 0. The Morgan fingerprint density at radius 2 is 2.00 bits per heavy atom. The summed E-state index contributed by atoms with van der Waals surface area (Å²) in [6.45, 7) is -0.930. The maximum absolute atomic E-state index is 12.0. The van der Waals surface area contributed by atoms with Crippen molar-refractivity contribution in [1.82, 2.24) is 10.1 Å². The zero-order valence-corrected chi connectivity index (χ0v) is 10.2. The molecular formula is C12H13F2N3O2. The minimum absolute atomic E-state index is 0.0729. The van der Waals surface area contributed by atoms with Gasteiger partial charge in [0.15, 0.2) is 5.82 Å². The molecule has 1 atom stereocenters. The zero-order valence-electron chi connectivity index (χ0n) is 10.2. The van der Waals surface area contributed by atoms with Crippen molar-refractivity contribution >= 4 is 0 Å². The highest BCUT2D eigenvalue weighted by atomic mass is 19.3. The molecule has 7 heteroatoms. The number of hydrogen-bond donors (Lipinski definition) is 1. The number of alkyl halides is 2. The van der Waals surface area contributed by atoms with E-state index in [4.69, 9.17) is 10.3 Å². The third-order valence-electron chi connectivity index (χ3n) is 2.54. The second-order valence-electron chi connectivity index (χ2n) is 3.88. The van der Waals surface area contributed by atoms with Crippen LogP contribution in [-0.2, 0) is 0 Å². The summed E-state index contributed by atoms with van der Waals surface area (Å²) in [6.07, 6.45) is 0.695. The lowest BCUT2D eigenvalue weighted by Gasteiger charge is -2.03. The smallest absolute Gasteiger partial charge is 0.387 e. The van der Waals surface area contributed by atoms with Crippen LogP contribution in [0.5, 0.6) is 5.75 Å². The van der Waals surface area contributed by atoms with Gasteiger partial charge in [-0.05, 0) is 30.7 Å². The van der Waals surface area contributed by atoms with Crippen LogP contribution in [0.4, 0.5) is 8.78 Å². The molecule has 0 amide bonds. The average Bonchev–Trinajstić information content (AvgIpc) is 2.87. The van der Waals surface area contributed by atoms with E-state index in [-0.39, 0.29) is 11.8 Å². The molecule has 0 radical (unpaired) electrons. The molecule has 5 nitrogen and oxygen atoms in total. The molecule has 1 aromatic heterocycles. The Hall–Kier alpha value is -2.02. The number of hydrogen-bond acceptors (Lipinski definition) is 5. The normalized spacial score (nSPS) is 12.7. The van der Waals surface area contributed by atoms with E-state index in [0.29, 0.717) is 23.7 Å². The van der Waals surface area contributed by atoms with Crippen molar-refractivity contribution in [2.45, 2.75) is 26.0 Å². The zero-order chi connectivity index (χ0) is 13.8. The molecule has 2 N–H and O–H groups in total. The number of rotatable bonds is 5. The molecule has 102 valence electrons. The van der Waals surface area contributed by atoms with Crippen LogP contribution >= 0.6 is 0 Å². The van der Waals surface area contributed by atoms with Crippen LogP contribution in [0.2, 0.25) is 0 Å². The molecule has 1 heterocycles. The van der Waals surface area contributed by atoms with Gasteiger partial charge in [-0.3, -0.25) is 0 Å². The summed E-state index contributed by atoms with van der Waals surface area (Å²) < 4.78 is 33.3. The molecule has 0 saturated heterocycles. The maximum Gasteiger partial charge on any atom is 0.387 e. The van der Waals surface area contributed by atoms with E-state index in [9.17, 15) is 8.78 Å². The molecule has 0 spiro atoms. The third-order valence-corrected chi connectivity index (χ3v) is 2.54. The van der Waals surface area contributed by atoms with E-state index < -0.39 is 6.61 Å². The first kappa shape index (κ1) is 13.4. The maximum atomic E-state index is 12.0. The molecule has 0 fully saturated rings. The van der Waals surface area contributed by atoms with E-state index >= 15 is 0 Å². The predicted octanol–water partition coefficient (Wildman–Crippen LogP) is 2.75. The lowest BCUT2D eigenvalue weighted by molar-refractivity contribution is -0.0498. The van der Waals surface area contributed by atoms with Crippen LogP contribution in [0.1, 0.15) is 25.2 Å². The summed E-state index contributed by atoms with van der Waals surface area (Å²) in [6, 6.07) is 5.66.